The molecule has 0 spiro atoms. The van der Waals surface area contributed by atoms with Crippen LogP contribution in [0, 0.1) is 0 Å². The van der Waals surface area contributed by atoms with E-state index in [4.69, 9.17) is 23.2 Å². The first-order valence-electron chi connectivity index (χ1n) is 7.95. The summed E-state index contributed by atoms with van der Waals surface area (Å²) >= 11 is 13.4. The summed E-state index contributed by atoms with van der Waals surface area (Å²) in [4.78, 5) is 16.2. The van der Waals surface area contributed by atoms with Crippen LogP contribution < -0.4 is 5.32 Å². The molecule has 2 N–H and O–H groups in total. The van der Waals surface area contributed by atoms with Gasteiger partial charge < -0.3 is 10.4 Å². The van der Waals surface area contributed by atoms with Gasteiger partial charge in [-0.3, -0.25) is 0 Å². The number of nitrogens with zero attached hydrogens (tertiary/aromatic N) is 1. The van der Waals surface area contributed by atoms with Gasteiger partial charge in [-0.15, -0.1) is 11.3 Å². The van der Waals surface area contributed by atoms with Crippen molar-refractivity contribution in [2.45, 2.75) is 0 Å². The Balaban J connectivity index is 1.70. The highest BCUT2D eigenvalue weighted by Gasteiger charge is 2.14. The van der Waals surface area contributed by atoms with Crippen LogP contribution in [0.5, 0.6) is 0 Å². The van der Waals surface area contributed by atoms with Crippen LogP contribution in [-0.4, -0.2) is 16.1 Å². The van der Waals surface area contributed by atoms with E-state index in [2.05, 4.69) is 10.3 Å². The second-order valence-corrected chi connectivity index (χ2v) is 7.51. The molecule has 0 aliphatic rings. The van der Waals surface area contributed by atoms with E-state index < -0.39 is 5.97 Å². The van der Waals surface area contributed by atoms with Crippen molar-refractivity contribution in [1.82, 2.24) is 4.98 Å². The number of halogens is 2. The van der Waals surface area contributed by atoms with E-state index in [1.54, 1.807) is 18.2 Å². The third-order valence-electron chi connectivity index (χ3n) is 4.08. The van der Waals surface area contributed by atoms with Gasteiger partial charge in [0, 0.05) is 10.9 Å². The Morgan fingerprint density at radius 3 is 2.44 bits per heavy atom. The number of carboxylic acids is 1. The van der Waals surface area contributed by atoms with Crippen molar-refractivity contribution in [3.8, 4) is 11.3 Å². The van der Waals surface area contributed by atoms with E-state index in [-0.39, 0.29) is 5.56 Å². The Kier molecular flexibility index (Phi) is 4.74. The molecule has 0 radical (unpaired) electrons. The third kappa shape index (κ3) is 3.62. The lowest BCUT2D eigenvalue weighted by Crippen LogP contribution is -2.02. The smallest absolute Gasteiger partial charge is 0.337 e. The van der Waals surface area contributed by atoms with Crippen LogP contribution in [0.3, 0.4) is 0 Å². The lowest BCUT2D eigenvalue weighted by Gasteiger charge is -2.09. The minimum Gasteiger partial charge on any atom is -0.478 e. The topological polar surface area (TPSA) is 62.2 Å². The fraction of sp³-hybridized carbons (Fsp3) is 0. The van der Waals surface area contributed by atoms with Crippen LogP contribution >= 0.6 is 34.5 Å². The van der Waals surface area contributed by atoms with Crippen molar-refractivity contribution < 1.29 is 9.90 Å². The minimum atomic E-state index is -0.996. The lowest BCUT2D eigenvalue weighted by atomic mass is 10.0. The summed E-state index contributed by atoms with van der Waals surface area (Å²) in [6.07, 6.45) is 0. The van der Waals surface area contributed by atoms with Gasteiger partial charge in [0.2, 0.25) is 0 Å². The summed E-state index contributed by atoms with van der Waals surface area (Å²) < 4.78 is 0. The van der Waals surface area contributed by atoms with Crippen LogP contribution in [0.15, 0.2) is 60.0 Å². The number of hydrogen-bond acceptors (Lipinski definition) is 4. The number of thiazole rings is 1. The van der Waals surface area contributed by atoms with E-state index in [9.17, 15) is 9.90 Å². The van der Waals surface area contributed by atoms with Gasteiger partial charge in [-0.05, 0) is 35.0 Å². The molecule has 3 aromatic carbocycles. The summed E-state index contributed by atoms with van der Waals surface area (Å²) in [7, 11) is 0. The summed E-state index contributed by atoms with van der Waals surface area (Å²) in [6.45, 7) is 0. The normalized spacial score (nSPS) is 10.9. The fourth-order valence-electron chi connectivity index (χ4n) is 2.76. The largest absolute Gasteiger partial charge is 0.478 e. The first kappa shape index (κ1) is 17.8. The number of benzene rings is 3. The molecule has 4 rings (SSSR count). The Morgan fingerprint density at radius 1 is 1.00 bits per heavy atom. The maximum atomic E-state index is 11.7. The average molecular weight is 415 g/mol. The van der Waals surface area contributed by atoms with Gasteiger partial charge in [0.15, 0.2) is 5.13 Å². The lowest BCUT2D eigenvalue weighted by molar-refractivity contribution is 0.0698. The van der Waals surface area contributed by atoms with Crippen LogP contribution in [0.4, 0.5) is 10.8 Å². The maximum absolute atomic E-state index is 11.7. The molecule has 0 amide bonds. The van der Waals surface area contributed by atoms with Gasteiger partial charge in [0.1, 0.15) is 0 Å². The molecule has 4 aromatic rings. The van der Waals surface area contributed by atoms with Gasteiger partial charge in [0.05, 0.1) is 27.0 Å². The number of carboxylic acid groups (broad SMARTS) is 1. The molecule has 0 fully saturated rings. The molecule has 0 saturated heterocycles. The van der Waals surface area contributed by atoms with Crippen LogP contribution in [-0.2, 0) is 0 Å². The summed E-state index contributed by atoms with van der Waals surface area (Å²) in [6, 6.07) is 16.4. The average Bonchev–Trinajstić information content (AvgIpc) is 3.12. The number of anilines is 2. The molecule has 0 bridgehead atoms. The minimum absolute atomic E-state index is 0.194. The first-order valence-corrected chi connectivity index (χ1v) is 9.59. The van der Waals surface area contributed by atoms with Crippen molar-refractivity contribution in [3.63, 3.8) is 0 Å². The number of hydrogen-bond donors (Lipinski definition) is 2. The molecular weight excluding hydrogens is 403 g/mol. The highest BCUT2D eigenvalue weighted by molar-refractivity contribution is 7.14. The molecule has 0 unspecified atom stereocenters. The second-order valence-electron chi connectivity index (χ2n) is 5.84. The zero-order chi connectivity index (χ0) is 19.0. The monoisotopic (exact) mass is 414 g/mol. The van der Waals surface area contributed by atoms with E-state index in [1.165, 1.54) is 11.3 Å². The molecule has 1 heterocycles. The Labute approximate surface area is 169 Å². The Bertz CT molecular complexity index is 1170. The molecule has 134 valence electrons. The zero-order valence-electron chi connectivity index (χ0n) is 13.7. The van der Waals surface area contributed by atoms with Crippen LogP contribution in [0.2, 0.25) is 10.0 Å². The van der Waals surface area contributed by atoms with Crippen molar-refractivity contribution in [1.29, 1.82) is 0 Å². The predicted molar refractivity (Wildman–Crippen MR) is 112 cm³/mol. The van der Waals surface area contributed by atoms with Gasteiger partial charge in [-0.2, -0.15) is 0 Å². The highest BCUT2D eigenvalue weighted by Crippen LogP contribution is 2.33. The molecule has 1 aromatic heterocycles. The van der Waals surface area contributed by atoms with Crippen molar-refractivity contribution in [2.75, 3.05) is 5.32 Å². The number of aromatic nitrogens is 1. The van der Waals surface area contributed by atoms with Gasteiger partial charge >= 0.3 is 5.97 Å². The van der Waals surface area contributed by atoms with Gasteiger partial charge in [-0.1, -0.05) is 53.5 Å². The van der Waals surface area contributed by atoms with Gasteiger partial charge in [0.25, 0.3) is 0 Å². The Hall–Kier alpha value is -2.60. The predicted octanol–water partition coefficient (Wildman–Crippen LogP) is 6.71. The van der Waals surface area contributed by atoms with Crippen molar-refractivity contribution >= 4 is 62.1 Å². The maximum Gasteiger partial charge on any atom is 0.337 e. The number of fused-ring (bicyclic) bond motifs is 1. The molecular formula is C20H12Cl2N2O2S. The zero-order valence-corrected chi connectivity index (χ0v) is 16.1. The molecule has 0 atom stereocenters. The third-order valence-corrected chi connectivity index (χ3v) is 5.57. The number of aromatic carboxylic acids is 1. The van der Waals surface area contributed by atoms with Crippen LogP contribution in [0.25, 0.3) is 22.0 Å². The number of carbonyl (C=O) groups is 1. The first-order chi connectivity index (χ1) is 13.0. The molecule has 27 heavy (non-hydrogen) atoms. The molecule has 0 aliphatic carbocycles. The SMILES string of the molecule is O=C(O)c1cc2ccccc2cc1Nc1nc(-c2ccc(Cl)c(Cl)c2)cs1. The number of nitrogens with one attached hydrogen (secondary N) is 1. The van der Waals surface area contributed by atoms with E-state index >= 15 is 0 Å². The summed E-state index contributed by atoms with van der Waals surface area (Å²) in [5.41, 5.74) is 2.26. The van der Waals surface area contributed by atoms with Crippen molar-refractivity contribution in [2.24, 2.45) is 0 Å². The quantitative estimate of drug-likeness (QED) is 0.389. The van der Waals surface area contributed by atoms with E-state index in [1.807, 2.05) is 41.8 Å². The molecule has 4 nitrogen and oxygen atoms in total. The summed E-state index contributed by atoms with van der Waals surface area (Å²) in [5.74, 6) is -0.996. The molecule has 0 aliphatic heterocycles. The highest BCUT2D eigenvalue weighted by atomic mass is 35.5. The number of rotatable bonds is 4. The van der Waals surface area contributed by atoms with Gasteiger partial charge in [-0.25, -0.2) is 9.78 Å². The molecule has 0 saturated carbocycles. The second kappa shape index (κ2) is 7.19. The molecule has 7 heteroatoms. The fourth-order valence-corrected chi connectivity index (χ4v) is 3.79. The van der Waals surface area contributed by atoms with Crippen molar-refractivity contribution in [3.05, 3.63) is 75.6 Å². The summed E-state index contributed by atoms with van der Waals surface area (Å²) in [5, 5.41) is 17.9. The van der Waals surface area contributed by atoms with Crippen LogP contribution in [0.1, 0.15) is 10.4 Å². The van der Waals surface area contributed by atoms with E-state index in [0.717, 1.165) is 22.0 Å². The Morgan fingerprint density at radius 2 is 1.74 bits per heavy atom. The standard InChI is InChI=1S/C20H12Cl2N2O2S/c21-15-6-5-13(8-16(15)22)18-10-27-20(24-18)23-17-9-12-4-2-1-3-11(12)7-14(17)19(25)26/h1-10H,(H,23,24)(H,25,26). The van der Waals surface area contributed by atoms with E-state index in [0.29, 0.717) is 20.9 Å².